The Morgan fingerprint density at radius 3 is 3.00 bits per heavy atom. The zero-order valence-corrected chi connectivity index (χ0v) is 6.07. The van der Waals surface area contributed by atoms with Gasteiger partial charge in [0.15, 0.2) is 0 Å². The summed E-state index contributed by atoms with van der Waals surface area (Å²) in [5.74, 6) is 0.919. The second-order valence-corrected chi connectivity index (χ2v) is 2.12. The normalized spacial score (nSPS) is 8.90. The maximum absolute atomic E-state index is 8.38. The van der Waals surface area contributed by atoms with Crippen LogP contribution in [0.5, 0.6) is 0 Å². The first-order valence-corrected chi connectivity index (χ1v) is 2.99. The molecule has 0 bridgehead atoms. The van der Waals surface area contributed by atoms with Gasteiger partial charge in [0.05, 0.1) is 0 Å². The molecule has 0 unspecified atom stereocenters. The standard InChI is InChI=1S/C5H8BN4/c1-9-5(3-4-7)10(2)8-6-9/h3H2,1-2H3/q+1. The van der Waals surface area contributed by atoms with Gasteiger partial charge in [-0.25, -0.2) is 0 Å². The summed E-state index contributed by atoms with van der Waals surface area (Å²) in [5, 5.41) is 12.3. The molecule has 1 aromatic heterocycles. The molecule has 0 radical (unpaired) electrons. The van der Waals surface area contributed by atoms with Crippen molar-refractivity contribution >= 4 is 7.19 Å². The van der Waals surface area contributed by atoms with Crippen LogP contribution in [0, 0.1) is 11.3 Å². The molecule has 0 saturated heterocycles. The molecule has 10 heavy (non-hydrogen) atoms. The van der Waals surface area contributed by atoms with Gasteiger partial charge in [0.1, 0.15) is 0 Å². The van der Waals surface area contributed by atoms with Crippen molar-refractivity contribution in [3.8, 4) is 6.07 Å². The van der Waals surface area contributed by atoms with Crippen LogP contribution >= 0.6 is 0 Å². The zero-order chi connectivity index (χ0) is 7.56. The van der Waals surface area contributed by atoms with E-state index in [9.17, 15) is 0 Å². The minimum absolute atomic E-state index is 0.410. The molecular formula is C5H8BN4+. The average Bonchev–Trinajstić information content (AvgIpc) is 2.20. The number of rotatable bonds is 1. The molecular weight excluding hydrogens is 127 g/mol. The number of hydrogen-bond acceptors (Lipinski definition) is 2. The van der Waals surface area contributed by atoms with Crippen molar-refractivity contribution in [1.82, 2.24) is 9.69 Å². The molecule has 0 aliphatic carbocycles. The first-order valence-electron chi connectivity index (χ1n) is 2.99. The van der Waals surface area contributed by atoms with Gasteiger partial charge in [-0.3, -0.25) is 0 Å². The molecule has 0 amide bonds. The molecule has 5 heteroatoms. The molecule has 0 aliphatic heterocycles. The Morgan fingerprint density at radius 1 is 1.90 bits per heavy atom. The number of nitrogens with zero attached hydrogens (tertiary/aromatic N) is 4. The number of aromatic nitrogens is 3. The summed E-state index contributed by atoms with van der Waals surface area (Å²) in [6, 6.07) is 2.07. The van der Waals surface area contributed by atoms with Crippen LogP contribution in [0.15, 0.2) is 0 Å². The fourth-order valence-corrected chi connectivity index (χ4v) is 0.826. The van der Waals surface area contributed by atoms with Crippen molar-refractivity contribution in [2.45, 2.75) is 6.42 Å². The maximum atomic E-state index is 8.38. The van der Waals surface area contributed by atoms with E-state index in [2.05, 4.69) is 11.1 Å². The molecule has 4 nitrogen and oxygen atoms in total. The van der Waals surface area contributed by atoms with E-state index in [4.69, 9.17) is 5.26 Å². The topological polar surface area (TPSA) is 45.5 Å². The zero-order valence-electron chi connectivity index (χ0n) is 6.07. The van der Waals surface area contributed by atoms with Gasteiger partial charge in [-0.1, -0.05) is 0 Å². The van der Waals surface area contributed by atoms with E-state index in [0.717, 1.165) is 5.82 Å². The molecule has 0 fully saturated rings. The summed E-state index contributed by atoms with van der Waals surface area (Å²) >= 11 is 0. The summed E-state index contributed by atoms with van der Waals surface area (Å²) < 4.78 is 3.53. The second kappa shape index (κ2) is 2.61. The Morgan fingerprint density at radius 2 is 2.60 bits per heavy atom. The monoisotopic (exact) mass is 135 g/mol. The van der Waals surface area contributed by atoms with Crippen molar-refractivity contribution in [3.63, 3.8) is 0 Å². The van der Waals surface area contributed by atoms with Gasteiger partial charge in [0.25, 0.3) is 0 Å². The summed E-state index contributed by atoms with van der Waals surface area (Å²) in [6.07, 6.45) is 0.410. The minimum atomic E-state index is 0.410. The van der Waals surface area contributed by atoms with E-state index in [1.807, 2.05) is 18.6 Å². The Hall–Kier alpha value is -1.18. The van der Waals surface area contributed by atoms with E-state index in [1.54, 1.807) is 11.9 Å². The van der Waals surface area contributed by atoms with Crippen LogP contribution in [0.3, 0.4) is 0 Å². The number of hydrogen-bond donors (Lipinski definition) is 0. The van der Waals surface area contributed by atoms with Crippen LogP contribution in [0.25, 0.3) is 0 Å². The third-order valence-corrected chi connectivity index (χ3v) is 1.42. The third-order valence-electron chi connectivity index (χ3n) is 1.42. The molecule has 1 aromatic rings. The fraction of sp³-hybridized carbons (Fsp3) is 0.600. The fourth-order valence-electron chi connectivity index (χ4n) is 0.826. The van der Waals surface area contributed by atoms with Gasteiger partial charge in [-0.05, 0) is 0 Å². The Balaban J connectivity index is 3.01. The molecule has 1 rings (SSSR count). The van der Waals surface area contributed by atoms with Crippen LogP contribution in [0.4, 0.5) is 0 Å². The van der Waals surface area contributed by atoms with Gasteiger partial charge in [0, 0.05) is 0 Å². The quantitative estimate of drug-likeness (QED) is 0.477. The third kappa shape index (κ3) is 1.05. The van der Waals surface area contributed by atoms with Gasteiger partial charge >= 0.3 is 59.0 Å². The second-order valence-electron chi connectivity index (χ2n) is 2.12. The summed E-state index contributed by atoms with van der Waals surface area (Å²) in [5.41, 5.74) is 0. The van der Waals surface area contributed by atoms with Crippen LogP contribution in [0.1, 0.15) is 5.82 Å². The Kier molecular flexibility index (Phi) is 1.81. The summed E-state index contributed by atoms with van der Waals surface area (Å²) in [4.78, 5) is 0. The molecule has 0 aliphatic rings. The van der Waals surface area contributed by atoms with Crippen LogP contribution < -0.4 is 4.47 Å². The van der Waals surface area contributed by atoms with Crippen molar-refractivity contribution in [2.24, 2.45) is 14.1 Å². The van der Waals surface area contributed by atoms with Gasteiger partial charge in [-0.15, -0.1) is 0 Å². The van der Waals surface area contributed by atoms with E-state index >= 15 is 0 Å². The molecule has 0 aromatic carbocycles. The molecule has 1 heterocycles. The molecule has 0 spiro atoms. The van der Waals surface area contributed by atoms with Crippen molar-refractivity contribution in [3.05, 3.63) is 5.82 Å². The van der Waals surface area contributed by atoms with E-state index < -0.39 is 0 Å². The molecule has 50 valence electrons. The summed E-state index contributed by atoms with van der Waals surface area (Å²) in [6.45, 7) is 0. The van der Waals surface area contributed by atoms with Crippen molar-refractivity contribution in [2.75, 3.05) is 0 Å². The summed E-state index contributed by atoms with van der Waals surface area (Å²) in [7, 11) is 5.39. The van der Waals surface area contributed by atoms with E-state index in [-0.39, 0.29) is 0 Å². The predicted molar refractivity (Wildman–Crippen MR) is 35.0 cm³/mol. The number of nitriles is 1. The Labute approximate surface area is 60.0 Å². The van der Waals surface area contributed by atoms with Gasteiger partial charge < -0.3 is 0 Å². The molecule has 0 atom stereocenters. The van der Waals surface area contributed by atoms with Crippen LogP contribution in [-0.2, 0) is 20.5 Å². The van der Waals surface area contributed by atoms with Crippen molar-refractivity contribution < 1.29 is 4.47 Å². The predicted octanol–water partition coefficient (Wildman–Crippen LogP) is -1.35. The van der Waals surface area contributed by atoms with Gasteiger partial charge in [0.2, 0.25) is 0 Å². The molecule has 0 saturated carbocycles. The number of aryl methyl sites for hydroxylation is 2. The first kappa shape index (κ1) is 6.94. The SMILES string of the molecule is Cn1nb[n+](C)c1CC#N. The van der Waals surface area contributed by atoms with Crippen LogP contribution in [-0.4, -0.2) is 16.9 Å². The van der Waals surface area contributed by atoms with Crippen LogP contribution in [0.2, 0.25) is 0 Å². The van der Waals surface area contributed by atoms with E-state index in [0.29, 0.717) is 6.42 Å². The first-order chi connectivity index (χ1) is 4.75. The average molecular weight is 135 g/mol. The van der Waals surface area contributed by atoms with Crippen molar-refractivity contribution in [1.29, 1.82) is 5.26 Å². The molecule has 0 N–H and O–H groups in total. The van der Waals surface area contributed by atoms with Gasteiger partial charge in [-0.2, -0.15) is 0 Å². The Bertz CT molecular complexity index is 252. The van der Waals surface area contributed by atoms with E-state index in [1.165, 1.54) is 0 Å².